The van der Waals surface area contributed by atoms with Gasteiger partial charge in [0.15, 0.2) is 16.8 Å². The molecular weight excluding hydrogens is 460 g/mol. The third-order valence-electron chi connectivity index (χ3n) is 5.02. The Morgan fingerprint density at radius 3 is 2.75 bits per heavy atom. The van der Waals surface area contributed by atoms with Gasteiger partial charge in [-0.3, -0.25) is 10.1 Å². The van der Waals surface area contributed by atoms with Gasteiger partial charge in [-0.25, -0.2) is 18.6 Å². The van der Waals surface area contributed by atoms with E-state index >= 15 is 0 Å². The molecule has 2 amide bonds. The van der Waals surface area contributed by atoms with Crippen molar-refractivity contribution in [1.82, 2.24) is 9.88 Å². The van der Waals surface area contributed by atoms with Crippen LogP contribution in [0, 0.1) is 11.6 Å². The van der Waals surface area contributed by atoms with Gasteiger partial charge in [-0.15, -0.1) is 11.8 Å². The number of thioether (sulfide) groups is 1. The second-order valence-corrected chi connectivity index (χ2v) is 9.67. The summed E-state index contributed by atoms with van der Waals surface area (Å²) in [6, 6.07) is 3.25. The number of hydrogen-bond acceptors (Lipinski definition) is 6. The Hall–Kier alpha value is -2.40. The topological polar surface area (TPSA) is 91.8 Å². The van der Waals surface area contributed by atoms with Crippen LogP contribution in [-0.4, -0.2) is 51.9 Å². The van der Waals surface area contributed by atoms with Gasteiger partial charge in [0.25, 0.3) is 0 Å². The number of hydrogen-bond donors (Lipinski definition) is 2. The third kappa shape index (κ3) is 7.33. The quantitative estimate of drug-likeness (QED) is 0.354. The normalized spacial score (nSPS) is 14.2. The Bertz CT molecular complexity index is 922. The van der Waals surface area contributed by atoms with E-state index in [-0.39, 0.29) is 30.2 Å². The van der Waals surface area contributed by atoms with Crippen LogP contribution in [0.5, 0.6) is 5.75 Å². The van der Waals surface area contributed by atoms with E-state index in [4.69, 9.17) is 9.84 Å². The second kappa shape index (κ2) is 12.0. The number of amides is 2. The Morgan fingerprint density at radius 2 is 2.03 bits per heavy atom. The first-order chi connectivity index (χ1) is 15.4. The van der Waals surface area contributed by atoms with Crippen molar-refractivity contribution in [2.24, 2.45) is 0 Å². The highest BCUT2D eigenvalue weighted by Crippen LogP contribution is 2.29. The fraction of sp³-hybridized carbons (Fsp3) is 0.476. The predicted molar refractivity (Wildman–Crippen MR) is 120 cm³/mol. The summed E-state index contributed by atoms with van der Waals surface area (Å²) in [6.07, 6.45) is 7.21. The van der Waals surface area contributed by atoms with Gasteiger partial charge in [0, 0.05) is 18.7 Å². The van der Waals surface area contributed by atoms with Crippen LogP contribution < -0.4 is 10.1 Å². The largest absolute Gasteiger partial charge is 0.493 e. The Kier molecular flexibility index (Phi) is 9.10. The zero-order valence-corrected chi connectivity index (χ0v) is 19.0. The standard InChI is InChI=1S/C21H25F2N3O4S2/c22-16-8-7-15(11-17(16)23)30-10-4-9-26(14-5-2-1-3-6-14)21(29)25-20-24-12-19(32-20)31-13-18(27)28/h7-8,11-12,14H,1-6,9-10,13H2,(H,27,28)(H,24,25,29). The van der Waals surface area contributed by atoms with Gasteiger partial charge in [-0.1, -0.05) is 30.6 Å². The molecule has 174 valence electrons. The number of aliphatic carboxylic acids is 1. The van der Waals surface area contributed by atoms with Crippen LogP contribution in [0.3, 0.4) is 0 Å². The van der Waals surface area contributed by atoms with Crippen molar-refractivity contribution in [3.8, 4) is 5.75 Å². The van der Waals surface area contributed by atoms with Crippen LogP contribution in [0.4, 0.5) is 18.7 Å². The van der Waals surface area contributed by atoms with Gasteiger partial charge >= 0.3 is 12.0 Å². The Labute approximate surface area is 193 Å². The molecule has 32 heavy (non-hydrogen) atoms. The zero-order chi connectivity index (χ0) is 22.9. The summed E-state index contributed by atoms with van der Waals surface area (Å²) in [5.41, 5.74) is 0. The van der Waals surface area contributed by atoms with Gasteiger partial charge in [0.2, 0.25) is 0 Å². The van der Waals surface area contributed by atoms with Crippen LogP contribution in [0.25, 0.3) is 0 Å². The van der Waals surface area contributed by atoms with E-state index in [1.807, 2.05) is 0 Å². The summed E-state index contributed by atoms with van der Waals surface area (Å²) in [5.74, 6) is -2.63. The summed E-state index contributed by atoms with van der Waals surface area (Å²) < 4.78 is 32.6. The average Bonchev–Trinajstić information content (AvgIpc) is 3.22. The lowest BCUT2D eigenvalue weighted by molar-refractivity contribution is -0.133. The van der Waals surface area contributed by atoms with Gasteiger partial charge in [0.05, 0.1) is 22.8 Å². The van der Waals surface area contributed by atoms with Gasteiger partial charge < -0.3 is 14.7 Å². The molecule has 0 atom stereocenters. The summed E-state index contributed by atoms with van der Waals surface area (Å²) in [6.45, 7) is 0.709. The number of carboxylic acid groups (broad SMARTS) is 1. The first kappa shape index (κ1) is 24.2. The number of carboxylic acids is 1. The summed E-state index contributed by atoms with van der Waals surface area (Å²) in [4.78, 5) is 29.7. The molecule has 7 nitrogen and oxygen atoms in total. The molecule has 11 heteroatoms. The molecule has 1 aromatic carbocycles. The molecule has 1 aliphatic rings. The molecule has 0 saturated heterocycles. The Morgan fingerprint density at radius 1 is 1.25 bits per heavy atom. The monoisotopic (exact) mass is 485 g/mol. The minimum atomic E-state index is -0.963. The summed E-state index contributed by atoms with van der Waals surface area (Å²) >= 11 is 2.39. The highest BCUT2D eigenvalue weighted by atomic mass is 32.2. The van der Waals surface area contributed by atoms with Crippen molar-refractivity contribution < 1.29 is 28.2 Å². The van der Waals surface area contributed by atoms with E-state index in [2.05, 4.69) is 10.3 Å². The number of thiazole rings is 1. The van der Waals surface area contributed by atoms with Gasteiger partial charge in [0.1, 0.15) is 5.75 Å². The first-order valence-corrected chi connectivity index (χ1v) is 12.2. The molecule has 1 fully saturated rings. The van der Waals surface area contributed by atoms with Gasteiger partial charge in [-0.2, -0.15) is 0 Å². The molecule has 2 aromatic rings. The molecule has 0 spiro atoms. The third-order valence-corrected chi connectivity index (χ3v) is 7.11. The number of anilines is 1. The maximum atomic E-state index is 13.3. The van der Waals surface area contributed by atoms with Crippen molar-refractivity contribution >= 4 is 40.2 Å². The smallest absolute Gasteiger partial charge is 0.323 e. The molecular formula is C21H25F2N3O4S2. The molecule has 1 aromatic heterocycles. The molecule has 2 N–H and O–H groups in total. The van der Waals surface area contributed by atoms with Crippen LogP contribution >= 0.6 is 23.1 Å². The number of rotatable bonds is 10. The fourth-order valence-corrected chi connectivity index (χ4v) is 5.10. The molecule has 0 unspecified atom stereocenters. The van der Waals surface area contributed by atoms with Crippen LogP contribution in [0.2, 0.25) is 0 Å². The number of nitrogens with zero attached hydrogens (tertiary/aromatic N) is 2. The van der Waals surface area contributed by atoms with E-state index in [1.165, 1.54) is 17.4 Å². The fourth-order valence-electron chi connectivity index (χ4n) is 3.51. The van der Waals surface area contributed by atoms with Crippen molar-refractivity contribution in [2.75, 3.05) is 24.2 Å². The number of nitrogens with one attached hydrogen (secondary N) is 1. The van der Waals surface area contributed by atoms with Crippen molar-refractivity contribution in [2.45, 2.75) is 48.8 Å². The number of benzene rings is 1. The van der Waals surface area contributed by atoms with Crippen molar-refractivity contribution in [3.05, 3.63) is 36.0 Å². The maximum Gasteiger partial charge on any atom is 0.323 e. The SMILES string of the molecule is O=C(O)CSc1cnc(NC(=O)N(CCCOc2ccc(F)c(F)c2)C2CCCCC2)s1. The van der Waals surface area contributed by atoms with Crippen molar-refractivity contribution in [3.63, 3.8) is 0 Å². The highest BCUT2D eigenvalue weighted by Gasteiger charge is 2.26. The zero-order valence-electron chi connectivity index (χ0n) is 17.4. The molecule has 1 aliphatic carbocycles. The lowest BCUT2D eigenvalue weighted by Crippen LogP contribution is -2.44. The predicted octanol–water partition coefficient (Wildman–Crippen LogP) is 5.23. The number of carbonyl (C=O) groups excluding carboxylic acids is 1. The molecule has 0 aliphatic heterocycles. The molecule has 1 heterocycles. The highest BCUT2D eigenvalue weighted by molar-refractivity contribution is 8.01. The molecule has 3 rings (SSSR count). The van der Waals surface area contributed by atoms with E-state index in [9.17, 15) is 18.4 Å². The van der Waals surface area contributed by atoms with E-state index in [0.29, 0.717) is 22.3 Å². The minimum absolute atomic E-state index is 0.0677. The Balaban J connectivity index is 1.55. The van der Waals surface area contributed by atoms with E-state index in [0.717, 1.165) is 56.0 Å². The summed E-state index contributed by atoms with van der Waals surface area (Å²) in [5, 5.41) is 12.0. The number of ether oxygens (including phenoxy) is 1. The van der Waals surface area contributed by atoms with Crippen LogP contribution in [0.1, 0.15) is 38.5 Å². The van der Waals surface area contributed by atoms with E-state index < -0.39 is 17.6 Å². The van der Waals surface area contributed by atoms with Crippen molar-refractivity contribution in [1.29, 1.82) is 0 Å². The lowest BCUT2D eigenvalue weighted by atomic mass is 9.94. The van der Waals surface area contributed by atoms with E-state index in [1.54, 1.807) is 11.1 Å². The van der Waals surface area contributed by atoms with Crippen LogP contribution in [0.15, 0.2) is 28.6 Å². The first-order valence-electron chi connectivity index (χ1n) is 10.4. The molecule has 0 bridgehead atoms. The minimum Gasteiger partial charge on any atom is -0.493 e. The van der Waals surface area contributed by atoms with Gasteiger partial charge in [-0.05, 0) is 31.4 Å². The molecule has 1 saturated carbocycles. The maximum absolute atomic E-state index is 13.3. The summed E-state index contributed by atoms with van der Waals surface area (Å²) in [7, 11) is 0. The number of carbonyl (C=O) groups is 2. The number of urea groups is 1. The number of aromatic nitrogens is 1. The second-order valence-electron chi connectivity index (χ2n) is 7.36. The number of halogens is 2. The average molecular weight is 486 g/mol. The van der Waals surface area contributed by atoms with Crippen LogP contribution in [-0.2, 0) is 4.79 Å². The lowest BCUT2D eigenvalue weighted by Gasteiger charge is -2.34. The molecule has 0 radical (unpaired) electrons.